The first-order chi connectivity index (χ1) is 8.50. The van der Waals surface area contributed by atoms with Gasteiger partial charge in [-0.25, -0.2) is 8.42 Å². The molecule has 0 saturated carbocycles. The number of hydrogen-bond donors (Lipinski definition) is 1. The third-order valence-electron chi connectivity index (χ3n) is 3.27. The zero-order valence-electron chi connectivity index (χ0n) is 10.8. The van der Waals surface area contributed by atoms with E-state index in [0.717, 1.165) is 17.0 Å². The number of aryl methyl sites for hydroxylation is 1. The largest absolute Gasteiger partial charge is 0.495 e. The summed E-state index contributed by atoms with van der Waals surface area (Å²) in [6.45, 7) is 2.02. The first kappa shape index (κ1) is 13.2. The Hall–Kier alpha value is -1.23. The fraction of sp³-hybridized carbons (Fsp3) is 0.538. The van der Waals surface area contributed by atoms with Crippen molar-refractivity contribution < 1.29 is 13.2 Å². The Bertz CT molecular complexity index is 511. The van der Waals surface area contributed by atoms with Crippen molar-refractivity contribution >= 4 is 15.5 Å². The van der Waals surface area contributed by atoms with E-state index in [-0.39, 0.29) is 17.5 Å². The highest BCUT2D eigenvalue weighted by molar-refractivity contribution is 7.91. The van der Waals surface area contributed by atoms with Crippen LogP contribution in [-0.4, -0.2) is 33.1 Å². The summed E-state index contributed by atoms with van der Waals surface area (Å²) in [7, 11) is -1.16. The second kappa shape index (κ2) is 5.18. The van der Waals surface area contributed by atoms with E-state index in [2.05, 4.69) is 5.32 Å². The minimum Gasteiger partial charge on any atom is -0.495 e. The number of rotatable bonds is 3. The van der Waals surface area contributed by atoms with Gasteiger partial charge in [0, 0.05) is 6.04 Å². The van der Waals surface area contributed by atoms with Crippen LogP contribution in [-0.2, 0) is 9.84 Å². The molecule has 0 aliphatic carbocycles. The Morgan fingerprint density at radius 2 is 1.94 bits per heavy atom. The average molecular weight is 269 g/mol. The summed E-state index contributed by atoms with van der Waals surface area (Å²) >= 11 is 0. The molecule has 1 aromatic rings. The Morgan fingerprint density at radius 1 is 1.28 bits per heavy atom. The van der Waals surface area contributed by atoms with Crippen molar-refractivity contribution in [1.82, 2.24) is 0 Å². The van der Waals surface area contributed by atoms with Crippen molar-refractivity contribution in [2.24, 2.45) is 0 Å². The van der Waals surface area contributed by atoms with Gasteiger partial charge in [-0.2, -0.15) is 0 Å². The molecule has 0 spiro atoms. The van der Waals surface area contributed by atoms with Crippen LogP contribution in [0.15, 0.2) is 18.2 Å². The highest BCUT2D eigenvalue weighted by Gasteiger charge is 2.23. The number of benzene rings is 1. The van der Waals surface area contributed by atoms with Crippen LogP contribution >= 0.6 is 0 Å². The monoisotopic (exact) mass is 269 g/mol. The van der Waals surface area contributed by atoms with Crippen molar-refractivity contribution in [3.05, 3.63) is 23.8 Å². The molecular weight excluding hydrogens is 250 g/mol. The number of anilines is 1. The smallest absolute Gasteiger partial charge is 0.150 e. The summed E-state index contributed by atoms with van der Waals surface area (Å²) in [5.74, 6) is 1.35. The van der Waals surface area contributed by atoms with Crippen LogP contribution in [0.5, 0.6) is 5.75 Å². The van der Waals surface area contributed by atoms with Crippen molar-refractivity contribution in [1.29, 1.82) is 0 Å². The maximum Gasteiger partial charge on any atom is 0.150 e. The van der Waals surface area contributed by atoms with Crippen LogP contribution in [0.4, 0.5) is 5.69 Å². The molecule has 2 rings (SSSR count). The topological polar surface area (TPSA) is 55.4 Å². The minimum absolute atomic E-state index is 0.212. The van der Waals surface area contributed by atoms with Crippen LogP contribution in [0.2, 0.25) is 0 Å². The summed E-state index contributed by atoms with van der Waals surface area (Å²) in [5.41, 5.74) is 2.10. The lowest BCUT2D eigenvalue weighted by molar-refractivity contribution is 0.415. The van der Waals surface area contributed by atoms with Gasteiger partial charge in [-0.3, -0.25) is 0 Å². The molecule has 1 N–H and O–H groups in total. The van der Waals surface area contributed by atoms with Crippen LogP contribution in [0.25, 0.3) is 0 Å². The van der Waals surface area contributed by atoms with Crippen LogP contribution in [0, 0.1) is 6.92 Å². The third-order valence-corrected chi connectivity index (χ3v) is 4.98. The van der Waals surface area contributed by atoms with Crippen molar-refractivity contribution in [2.75, 3.05) is 23.9 Å². The molecule has 0 radical (unpaired) electrons. The van der Waals surface area contributed by atoms with Gasteiger partial charge in [0.2, 0.25) is 0 Å². The van der Waals surface area contributed by atoms with Crippen molar-refractivity contribution in [3.8, 4) is 5.75 Å². The molecule has 0 atom stereocenters. The lowest BCUT2D eigenvalue weighted by Crippen LogP contribution is -2.32. The van der Waals surface area contributed by atoms with E-state index in [0.29, 0.717) is 12.8 Å². The minimum atomic E-state index is -2.80. The van der Waals surface area contributed by atoms with Gasteiger partial charge >= 0.3 is 0 Å². The van der Waals surface area contributed by atoms with Gasteiger partial charge in [-0.05, 0) is 37.5 Å². The summed E-state index contributed by atoms with van der Waals surface area (Å²) in [5, 5.41) is 3.39. The molecule has 0 unspecified atom stereocenters. The summed E-state index contributed by atoms with van der Waals surface area (Å²) in [6, 6.07) is 6.17. The van der Waals surface area contributed by atoms with Crippen LogP contribution in [0.3, 0.4) is 0 Å². The standard InChI is InChI=1S/C13H19NO3S/c1-10-3-4-13(17-2)12(9-10)14-11-5-7-18(15,16)8-6-11/h3-4,9,11,14H,5-8H2,1-2H3. The Labute approximate surface area is 108 Å². The third kappa shape index (κ3) is 3.16. The predicted octanol–water partition coefficient (Wildman–Crippen LogP) is 1.99. The van der Waals surface area contributed by atoms with E-state index >= 15 is 0 Å². The molecule has 1 aliphatic heterocycles. The maximum atomic E-state index is 11.4. The van der Waals surface area contributed by atoms with Gasteiger partial charge in [0.05, 0.1) is 24.3 Å². The van der Waals surface area contributed by atoms with E-state index in [1.165, 1.54) is 0 Å². The molecule has 1 aromatic carbocycles. The molecule has 4 nitrogen and oxygen atoms in total. The number of methoxy groups -OCH3 is 1. The van der Waals surface area contributed by atoms with E-state index < -0.39 is 9.84 Å². The van der Waals surface area contributed by atoms with Gasteiger partial charge in [-0.15, -0.1) is 0 Å². The molecule has 0 bridgehead atoms. The molecule has 0 aromatic heterocycles. The quantitative estimate of drug-likeness (QED) is 0.911. The van der Waals surface area contributed by atoms with Crippen molar-refractivity contribution in [3.63, 3.8) is 0 Å². The van der Waals surface area contributed by atoms with E-state index in [4.69, 9.17) is 4.74 Å². The van der Waals surface area contributed by atoms with Gasteiger partial charge < -0.3 is 10.1 Å². The van der Waals surface area contributed by atoms with Gasteiger partial charge in [0.1, 0.15) is 15.6 Å². The normalized spacial score (nSPS) is 19.4. The highest BCUT2D eigenvalue weighted by Crippen LogP contribution is 2.27. The Balaban J connectivity index is 2.08. The fourth-order valence-electron chi connectivity index (χ4n) is 2.19. The summed E-state index contributed by atoms with van der Waals surface area (Å²) in [4.78, 5) is 0. The first-order valence-electron chi connectivity index (χ1n) is 6.12. The number of nitrogens with one attached hydrogen (secondary N) is 1. The first-order valence-corrected chi connectivity index (χ1v) is 7.94. The molecule has 1 aliphatic rings. The van der Waals surface area contributed by atoms with Crippen LogP contribution in [0.1, 0.15) is 18.4 Å². The lowest BCUT2D eigenvalue weighted by atomic mass is 10.1. The second-order valence-corrected chi connectivity index (χ2v) is 7.08. The summed E-state index contributed by atoms with van der Waals surface area (Å²) < 4.78 is 28.0. The molecule has 18 heavy (non-hydrogen) atoms. The number of hydrogen-bond acceptors (Lipinski definition) is 4. The van der Waals surface area contributed by atoms with E-state index in [1.807, 2.05) is 25.1 Å². The van der Waals surface area contributed by atoms with Gasteiger partial charge in [0.25, 0.3) is 0 Å². The average Bonchev–Trinajstić information content (AvgIpc) is 2.32. The fourth-order valence-corrected chi connectivity index (χ4v) is 3.68. The van der Waals surface area contributed by atoms with Crippen LogP contribution < -0.4 is 10.1 Å². The highest BCUT2D eigenvalue weighted by atomic mass is 32.2. The zero-order chi connectivity index (χ0) is 13.2. The Morgan fingerprint density at radius 3 is 2.56 bits per heavy atom. The van der Waals surface area contributed by atoms with E-state index in [9.17, 15) is 8.42 Å². The number of sulfone groups is 1. The van der Waals surface area contributed by atoms with Gasteiger partial charge in [-0.1, -0.05) is 6.07 Å². The molecule has 1 heterocycles. The zero-order valence-corrected chi connectivity index (χ0v) is 11.6. The number of ether oxygens (including phenoxy) is 1. The molecular formula is C13H19NO3S. The second-order valence-electron chi connectivity index (χ2n) is 4.77. The SMILES string of the molecule is COc1ccc(C)cc1NC1CCS(=O)(=O)CC1. The van der Waals surface area contributed by atoms with E-state index in [1.54, 1.807) is 7.11 Å². The molecule has 1 saturated heterocycles. The molecule has 1 fully saturated rings. The molecule has 0 amide bonds. The summed E-state index contributed by atoms with van der Waals surface area (Å²) in [6.07, 6.45) is 1.33. The molecule has 5 heteroatoms. The molecule has 100 valence electrons. The lowest BCUT2D eigenvalue weighted by Gasteiger charge is -2.25. The predicted molar refractivity (Wildman–Crippen MR) is 73.0 cm³/mol. The van der Waals surface area contributed by atoms with Crippen molar-refractivity contribution in [2.45, 2.75) is 25.8 Å². The van der Waals surface area contributed by atoms with Gasteiger partial charge in [0.15, 0.2) is 0 Å². The maximum absolute atomic E-state index is 11.4. The Kier molecular flexibility index (Phi) is 3.80.